The van der Waals surface area contributed by atoms with Crippen LogP contribution in [0.2, 0.25) is 0 Å². The van der Waals surface area contributed by atoms with Gasteiger partial charge in [0.25, 0.3) is 0 Å². The molecule has 1 heterocycles. The summed E-state index contributed by atoms with van der Waals surface area (Å²) < 4.78 is 6.86. The zero-order valence-electron chi connectivity index (χ0n) is 9.58. The third-order valence-corrected chi connectivity index (χ3v) is 3.93. The van der Waals surface area contributed by atoms with E-state index < -0.39 is 0 Å². The van der Waals surface area contributed by atoms with Crippen LogP contribution in [0.15, 0.2) is 24.3 Å². The number of ether oxygens (including phenoxy) is 1. The Balaban J connectivity index is 2.11. The minimum atomic E-state index is 0.428. The van der Waals surface area contributed by atoms with E-state index in [1.54, 1.807) is 0 Å². The van der Waals surface area contributed by atoms with Crippen LogP contribution in [-0.4, -0.2) is 20.3 Å². The van der Waals surface area contributed by atoms with Crippen LogP contribution in [0.4, 0.5) is 0 Å². The van der Waals surface area contributed by atoms with Gasteiger partial charge in [-0.05, 0) is 60.2 Å². The first-order valence-electron chi connectivity index (χ1n) is 5.81. The second-order valence-electron chi connectivity index (χ2n) is 4.30. The second kappa shape index (κ2) is 5.98. The summed E-state index contributed by atoms with van der Waals surface area (Å²) in [5, 5.41) is 3.43. The molecule has 2 atom stereocenters. The summed E-state index contributed by atoms with van der Waals surface area (Å²) in [4.78, 5) is 0. The highest BCUT2D eigenvalue weighted by Gasteiger charge is 2.24. The predicted octanol–water partition coefficient (Wildman–Crippen LogP) is 2.98. The second-order valence-corrected chi connectivity index (χ2v) is 5.54. The van der Waals surface area contributed by atoms with E-state index in [9.17, 15) is 0 Å². The van der Waals surface area contributed by atoms with Crippen LogP contribution in [0.5, 0.6) is 0 Å². The van der Waals surface area contributed by atoms with Gasteiger partial charge < -0.3 is 10.1 Å². The Bertz CT molecular complexity index is 319. The van der Waals surface area contributed by atoms with Crippen LogP contribution >= 0.6 is 22.6 Å². The monoisotopic (exact) mass is 331 g/mol. The molecular formula is C13H18INO. The Morgan fingerprint density at radius 2 is 2.12 bits per heavy atom. The molecule has 2 rings (SSSR count). The van der Waals surface area contributed by atoms with Gasteiger partial charge in [0, 0.05) is 22.1 Å². The molecule has 3 heteroatoms. The first-order chi connectivity index (χ1) is 7.81. The smallest absolute Gasteiger partial charge is 0.0512 e. The molecule has 0 radical (unpaired) electrons. The first-order valence-corrected chi connectivity index (χ1v) is 6.89. The summed E-state index contributed by atoms with van der Waals surface area (Å²) in [7, 11) is 2.04. The lowest BCUT2D eigenvalue weighted by Crippen LogP contribution is -2.31. The molecule has 16 heavy (non-hydrogen) atoms. The fourth-order valence-electron chi connectivity index (χ4n) is 2.37. The highest BCUT2D eigenvalue weighted by atomic mass is 127. The van der Waals surface area contributed by atoms with Gasteiger partial charge in [0.15, 0.2) is 0 Å². The average Bonchev–Trinajstić information content (AvgIpc) is 2.34. The Morgan fingerprint density at radius 3 is 2.69 bits per heavy atom. The van der Waals surface area contributed by atoms with E-state index in [1.165, 1.54) is 22.0 Å². The quantitative estimate of drug-likeness (QED) is 0.860. The molecule has 0 spiro atoms. The van der Waals surface area contributed by atoms with E-state index in [2.05, 4.69) is 52.2 Å². The van der Waals surface area contributed by atoms with Crippen molar-refractivity contribution in [3.63, 3.8) is 0 Å². The maximum Gasteiger partial charge on any atom is 0.0512 e. The minimum Gasteiger partial charge on any atom is -0.381 e. The fourth-order valence-corrected chi connectivity index (χ4v) is 2.73. The van der Waals surface area contributed by atoms with Gasteiger partial charge in [-0.15, -0.1) is 0 Å². The Hall–Kier alpha value is -0.130. The fraction of sp³-hybridized carbons (Fsp3) is 0.538. The highest BCUT2D eigenvalue weighted by Crippen LogP contribution is 2.28. The third kappa shape index (κ3) is 2.96. The Labute approximate surface area is 111 Å². The summed E-state index contributed by atoms with van der Waals surface area (Å²) in [6.45, 7) is 1.82. The van der Waals surface area contributed by atoms with Crippen molar-refractivity contribution in [2.75, 3.05) is 20.3 Å². The lowest BCUT2D eigenvalue weighted by atomic mass is 9.89. The largest absolute Gasteiger partial charge is 0.381 e. The van der Waals surface area contributed by atoms with Gasteiger partial charge in [-0.1, -0.05) is 12.1 Å². The summed E-state index contributed by atoms with van der Waals surface area (Å²) in [5.41, 5.74) is 1.37. The number of hydrogen-bond donors (Lipinski definition) is 1. The van der Waals surface area contributed by atoms with Crippen molar-refractivity contribution in [2.45, 2.75) is 18.9 Å². The lowest BCUT2D eigenvalue weighted by Gasteiger charge is -2.30. The maximum absolute atomic E-state index is 5.57. The van der Waals surface area contributed by atoms with Crippen LogP contribution < -0.4 is 5.32 Å². The molecule has 1 fully saturated rings. The molecule has 2 nitrogen and oxygen atoms in total. The molecule has 0 bridgehead atoms. The molecule has 0 aromatic heterocycles. The van der Waals surface area contributed by atoms with Gasteiger partial charge in [-0.2, -0.15) is 0 Å². The van der Waals surface area contributed by atoms with Crippen molar-refractivity contribution in [1.82, 2.24) is 5.32 Å². The van der Waals surface area contributed by atoms with Crippen molar-refractivity contribution in [3.05, 3.63) is 33.4 Å². The zero-order valence-corrected chi connectivity index (χ0v) is 11.7. The summed E-state index contributed by atoms with van der Waals surface area (Å²) in [6, 6.07) is 9.21. The van der Waals surface area contributed by atoms with Crippen molar-refractivity contribution in [3.8, 4) is 0 Å². The van der Waals surface area contributed by atoms with Gasteiger partial charge >= 0.3 is 0 Å². The predicted molar refractivity (Wildman–Crippen MR) is 74.5 cm³/mol. The Morgan fingerprint density at radius 1 is 1.38 bits per heavy atom. The maximum atomic E-state index is 5.57. The lowest BCUT2D eigenvalue weighted by molar-refractivity contribution is 0.0402. The summed E-state index contributed by atoms with van der Waals surface area (Å²) >= 11 is 2.34. The molecule has 1 N–H and O–H groups in total. The number of hydrogen-bond acceptors (Lipinski definition) is 2. The van der Waals surface area contributed by atoms with E-state index in [1.807, 2.05) is 7.05 Å². The zero-order chi connectivity index (χ0) is 11.4. The molecule has 1 aromatic carbocycles. The van der Waals surface area contributed by atoms with Gasteiger partial charge in [0.2, 0.25) is 0 Å². The summed E-state index contributed by atoms with van der Waals surface area (Å²) in [5.74, 6) is 0.610. The molecule has 1 aliphatic heterocycles. The standard InChI is InChI=1S/C13H18INO/c1-15-13(11-3-2-8-16-9-11)10-4-6-12(14)7-5-10/h4-7,11,13,15H,2-3,8-9H2,1H3. The van der Waals surface area contributed by atoms with Crippen molar-refractivity contribution in [2.24, 2.45) is 5.92 Å². The molecule has 0 aliphatic carbocycles. The van der Waals surface area contributed by atoms with Gasteiger partial charge in [-0.25, -0.2) is 0 Å². The third-order valence-electron chi connectivity index (χ3n) is 3.21. The van der Waals surface area contributed by atoms with Gasteiger partial charge in [0.05, 0.1) is 6.61 Å². The van der Waals surface area contributed by atoms with E-state index in [4.69, 9.17) is 4.74 Å². The SMILES string of the molecule is CNC(c1ccc(I)cc1)C1CCCOC1. The molecule has 1 saturated heterocycles. The normalized spacial score (nSPS) is 23.0. The molecule has 0 amide bonds. The van der Waals surface area contributed by atoms with Crippen molar-refractivity contribution in [1.29, 1.82) is 0 Å². The van der Waals surface area contributed by atoms with Crippen molar-refractivity contribution < 1.29 is 4.74 Å². The molecule has 1 aliphatic rings. The van der Waals surface area contributed by atoms with E-state index in [-0.39, 0.29) is 0 Å². The van der Waals surface area contributed by atoms with Gasteiger partial charge in [0.1, 0.15) is 0 Å². The van der Waals surface area contributed by atoms with Crippen LogP contribution in [0.25, 0.3) is 0 Å². The number of rotatable bonds is 3. The number of halogens is 1. The first kappa shape index (κ1) is 12.3. The number of benzene rings is 1. The molecule has 1 aromatic rings. The van der Waals surface area contributed by atoms with Crippen LogP contribution in [0.3, 0.4) is 0 Å². The molecule has 88 valence electrons. The Kier molecular flexibility index (Phi) is 4.61. The minimum absolute atomic E-state index is 0.428. The van der Waals surface area contributed by atoms with Crippen LogP contribution in [0, 0.1) is 9.49 Å². The van der Waals surface area contributed by atoms with Gasteiger partial charge in [-0.3, -0.25) is 0 Å². The highest BCUT2D eigenvalue weighted by molar-refractivity contribution is 14.1. The molecule has 2 unspecified atom stereocenters. The molecule has 0 saturated carbocycles. The average molecular weight is 331 g/mol. The topological polar surface area (TPSA) is 21.3 Å². The van der Waals surface area contributed by atoms with E-state index in [0.29, 0.717) is 12.0 Å². The number of nitrogens with one attached hydrogen (secondary N) is 1. The molecular weight excluding hydrogens is 313 g/mol. The summed E-state index contributed by atoms with van der Waals surface area (Å²) in [6.07, 6.45) is 2.45. The van der Waals surface area contributed by atoms with E-state index >= 15 is 0 Å². The van der Waals surface area contributed by atoms with Crippen molar-refractivity contribution >= 4 is 22.6 Å². The van der Waals surface area contributed by atoms with E-state index in [0.717, 1.165) is 13.2 Å². The van der Waals surface area contributed by atoms with Crippen LogP contribution in [0.1, 0.15) is 24.4 Å². The van der Waals surface area contributed by atoms with Crippen LogP contribution in [-0.2, 0) is 4.74 Å².